The highest BCUT2D eigenvalue weighted by Crippen LogP contribution is 2.32. The number of esters is 2. The molecule has 0 unspecified atom stereocenters. The smallest absolute Gasteiger partial charge is 0.339 e. The minimum Gasteiger partial charge on any atom is -0.465 e. The minimum absolute atomic E-state index is 0.0774. The second kappa shape index (κ2) is 11.0. The van der Waals surface area contributed by atoms with E-state index in [-0.39, 0.29) is 27.8 Å². The Bertz CT molecular complexity index is 1190. The second-order valence-electron chi connectivity index (χ2n) is 6.84. The molecule has 3 rings (SSSR count). The molecular weight excluding hydrogens is 484 g/mol. The van der Waals surface area contributed by atoms with Gasteiger partial charge >= 0.3 is 11.9 Å². The second-order valence-corrected chi connectivity index (χ2v) is 8.25. The van der Waals surface area contributed by atoms with Crippen LogP contribution in [-0.2, 0) is 19.1 Å². The molecule has 2 aromatic rings. The van der Waals surface area contributed by atoms with Crippen LogP contribution < -0.4 is 5.32 Å². The van der Waals surface area contributed by atoms with Crippen molar-refractivity contribution in [3.63, 3.8) is 0 Å². The summed E-state index contributed by atoms with van der Waals surface area (Å²) in [6, 6.07) is 10.5. The Morgan fingerprint density at radius 1 is 1.09 bits per heavy atom. The summed E-state index contributed by atoms with van der Waals surface area (Å²) in [4.78, 5) is 61.9. The van der Waals surface area contributed by atoms with Gasteiger partial charge < -0.3 is 14.8 Å². The number of benzene rings is 2. The van der Waals surface area contributed by atoms with Crippen molar-refractivity contribution >= 4 is 64.1 Å². The Labute approximate surface area is 204 Å². The number of anilines is 1. The van der Waals surface area contributed by atoms with Crippen molar-refractivity contribution in [1.29, 1.82) is 0 Å². The van der Waals surface area contributed by atoms with Gasteiger partial charge in [0.2, 0.25) is 5.91 Å². The predicted octanol–water partition coefficient (Wildman–Crippen LogP) is 3.98. The Morgan fingerprint density at radius 3 is 2.44 bits per heavy atom. The molecule has 2 aromatic carbocycles. The number of rotatable bonds is 7. The zero-order valence-electron chi connectivity index (χ0n) is 18.1. The number of thioether (sulfide) groups is 1. The van der Waals surface area contributed by atoms with Crippen LogP contribution in [-0.4, -0.2) is 54.2 Å². The normalized spacial score (nSPS) is 14.3. The van der Waals surface area contributed by atoms with Crippen molar-refractivity contribution < 1.29 is 33.4 Å². The Kier molecular flexibility index (Phi) is 8.08. The molecule has 34 heavy (non-hydrogen) atoms. The lowest BCUT2D eigenvalue weighted by Gasteiger charge is -2.13. The molecule has 0 aromatic heterocycles. The van der Waals surface area contributed by atoms with Gasteiger partial charge in [0.1, 0.15) is 6.54 Å². The molecule has 1 N–H and O–H groups in total. The molecule has 0 atom stereocenters. The third-order valence-corrected chi connectivity index (χ3v) is 5.79. The number of hydrogen-bond acceptors (Lipinski definition) is 8. The highest BCUT2D eigenvalue weighted by Gasteiger charge is 2.36. The van der Waals surface area contributed by atoms with Gasteiger partial charge in [-0.3, -0.25) is 19.3 Å². The van der Waals surface area contributed by atoms with E-state index in [0.29, 0.717) is 22.9 Å². The average Bonchev–Trinajstić information content (AvgIpc) is 3.07. The summed E-state index contributed by atoms with van der Waals surface area (Å²) in [6.07, 6.45) is 1.49. The Hall–Kier alpha value is -3.63. The van der Waals surface area contributed by atoms with Gasteiger partial charge in [-0.2, -0.15) is 0 Å². The molecule has 1 saturated heterocycles. The first-order valence-electron chi connectivity index (χ1n) is 9.93. The number of halogens is 1. The van der Waals surface area contributed by atoms with Crippen LogP contribution >= 0.6 is 23.4 Å². The first-order valence-corrected chi connectivity index (χ1v) is 11.1. The van der Waals surface area contributed by atoms with Crippen molar-refractivity contribution in [3.8, 4) is 0 Å². The predicted molar refractivity (Wildman–Crippen MR) is 126 cm³/mol. The number of nitrogens with one attached hydrogen (secondary N) is 1. The zero-order valence-corrected chi connectivity index (χ0v) is 19.7. The number of hydrogen-bond donors (Lipinski definition) is 1. The zero-order chi connectivity index (χ0) is 24.8. The number of carbonyl (C=O) groups excluding carboxylic acids is 5. The number of amides is 3. The molecule has 11 heteroatoms. The molecule has 0 bridgehead atoms. The van der Waals surface area contributed by atoms with E-state index >= 15 is 0 Å². The third-order valence-electron chi connectivity index (χ3n) is 4.55. The number of methoxy groups -OCH3 is 1. The molecule has 3 amide bonds. The number of ether oxygens (including phenoxy) is 2. The molecule has 1 aliphatic rings. The summed E-state index contributed by atoms with van der Waals surface area (Å²) < 4.78 is 9.56. The molecule has 0 spiro atoms. The van der Waals surface area contributed by atoms with Crippen molar-refractivity contribution in [2.45, 2.75) is 6.92 Å². The fraction of sp³-hybridized carbons (Fsp3) is 0.174. The maximum Gasteiger partial charge on any atom is 0.339 e. The number of nitrogens with zero attached hydrogens (tertiary/aromatic N) is 1. The molecule has 1 fully saturated rings. The summed E-state index contributed by atoms with van der Waals surface area (Å²) in [5, 5.41) is 2.10. The van der Waals surface area contributed by atoms with Crippen molar-refractivity contribution in [2.75, 3.05) is 25.6 Å². The Morgan fingerprint density at radius 2 is 1.79 bits per heavy atom. The van der Waals surface area contributed by atoms with Crippen LogP contribution in [0.4, 0.5) is 10.5 Å². The highest BCUT2D eigenvalue weighted by molar-refractivity contribution is 8.18. The summed E-state index contributed by atoms with van der Waals surface area (Å²) in [5.74, 6) is -2.39. The molecule has 1 aliphatic heterocycles. The summed E-state index contributed by atoms with van der Waals surface area (Å²) >= 11 is 6.71. The topological polar surface area (TPSA) is 119 Å². The molecule has 0 radical (unpaired) electrons. The molecule has 176 valence electrons. The van der Waals surface area contributed by atoms with Crippen molar-refractivity contribution in [1.82, 2.24) is 4.90 Å². The van der Waals surface area contributed by atoms with E-state index in [2.05, 4.69) is 10.1 Å². The van der Waals surface area contributed by atoms with E-state index < -0.39 is 35.5 Å². The minimum atomic E-state index is -0.640. The van der Waals surface area contributed by atoms with Gasteiger partial charge in [0.05, 0.1) is 34.8 Å². The molecular formula is C23H19ClN2O7S. The van der Waals surface area contributed by atoms with E-state index in [1.807, 2.05) is 0 Å². The van der Waals surface area contributed by atoms with Gasteiger partial charge in [-0.1, -0.05) is 23.7 Å². The summed E-state index contributed by atoms with van der Waals surface area (Å²) in [5.41, 5.74) is 1.27. The SMILES string of the molecule is CCOC(=O)c1cc(NC(=O)CN2C(=O)S/C(=C/c3ccc(C(=O)OC)cc3)C2=O)ccc1Cl. The van der Waals surface area contributed by atoms with E-state index in [9.17, 15) is 24.0 Å². The fourth-order valence-corrected chi connectivity index (χ4v) is 3.97. The molecule has 0 saturated carbocycles. The lowest BCUT2D eigenvalue weighted by molar-refractivity contribution is -0.127. The Balaban J connectivity index is 1.68. The monoisotopic (exact) mass is 502 g/mol. The first kappa shape index (κ1) is 25.0. The van der Waals surface area contributed by atoms with Crippen LogP contribution in [0.25, 0.3) is 6.08 Å². The highest BCUT2D eigenvalue weighted by atomic mass is 35.5. The van der Waals surface area contributed by atoms with Gasteiger partial charge in [-0.05, 0) is 60.7 Å². The van der Waals surface area contributed by atoms with Crippen LogP contribution in [0.15, 0.2) is 47.4 Å². The van der Waals surface area contributed by atoms with E-state index in [1.54, 1.807) is 19.1 Å². The lowest BCUT2D eigenvalue weighted by atomic mass is 10.1. The maximum atomic E-state index is 12.7. The molecule has 0 aliphatic carbocycles. The van der Waals surface area contributed by atoms with Gasteiger partial charge in [0, 0.05) is 5.69 Å². The number of imide groups is 1. The van der Waals surface area contributed by atoms with Crippen LogP contribution in [0.2, 0.25) is 5.02 Å². The van der Waals surface area contributed by atoms with Gasteiger partial charge in [0.25, 0.3) is 11.1 Å². The molecule has 9 nitrogen and oxygen atoms in total. The number of carbonyl (C=O) groups is 5. The summed E-state index contributed by atoms with van der Waals surface area (Å²) in [7, 11) is 1.27. The van der Waals surface area contributed by atoms with Gasteiger partial charge in [-0.15, -0.1) is 0 Å². The lowest BCUT2D eigenvalue weighted by Crippen LogP contribution is -2.36. The quantitative estimate of drug-likeness (QED) is 0.446. The fourth-order valence-electron chi connectivity index (χ4n) is 2.93. The van der Waals surface area contributed by atoms with Crippen LogP contribution in [0.1, 0.15) is 33.2 Å². The average molecular weight is 503 g/mol. The van der Waals surface area contributed by atoms with E-state index in [4.69, 9.17) is 16.3 Å². The van der Waals surface area contributed by atoms with Gasteiger partial charge in [-0.25, -0.2) is 9.59 Å². The van der Waals surface area contributed by atoms with Crippen molar-refractivity contribution in [2.24, 2.45) is 0 Å². The first-order chi connectivity index (χ1) is 16.2. The largest absolute Gasteiger partial charge is 0.465 e. The van der Waals surface area contributed by atoms with E-state index in [1.165, 1.54) is 43.5 Å². The van der Waals surface area contributed by atoms with Crippen LogP contribution in [0.5, 0.6) is 0 Å². The summed E-state index contributed by atoms with van der Waals surface area (Å²) in [6.45, 7) is 1.30. The van der Waals surface area contributed by atoms with Crippen molar-refractivity contribution in [3.05, 3.63) is 69.1 Å². The van der Waals surface area contributed by atoms with Crippen LogP contribution in [0.3, 0.4) is 0 Å². The van der Waals surface area contributed by atoms with Crippen LogP contribution in [0, 0.1) is 0 Å². The standard InChI is InChI=1S/C23H19ClN2O7S/c1-3-33-22(30)16-11-15(8-9-17(16)24)25-19(27)12-26-20(28)18(34-23(26)31)10-13-4-6-14(7-5-13)21(29)32-2/h4-11H,3,12H2,1-2H3,(H,25,27)/b18-10+. The van der Waals surface area contributed by atoms with E-state index in [0.717, 1.165) is 4.90 Å². The maximum absolute atomic E-state index is 12.7. The van der Waals surface area contributed by atoms with Gasteiger partial charge in [0.15, 0.2) is 0 Å². The third kappa shape index (κ3) is 5.83. The molecule has 1 heterocycles.